The molecule has 0 saturated carbocycles. The van der Waals surface area contributed by atoms with Crippen LogP contribution in [-0.4, -0.2) is 41.2 Å². The highest BCUT2D eigenvalue weighted by Crippen LogP contribution is 2.43. The third-order valence-electron chi connectivity index (χ3n) is 4.47. The molecule has 1 heterocycles. The number of amides is 1. The molecule has 0 fully saturated rings. The fourth-order valence-corrected chi connectivity index (χ4v) is 3.15. The van der Waals surface area contributed by atoms with Gasteiger partial charge in [0.05, 0.1) is 17.3 Å². The average molecular weight is 438 g/mol. The van der Waals surface area contributed by atoms with E-state index >= 15 is 0 Å². The predicted molar refractivity (Wildman–Crippen MR) is 113 cm³/mol. The number of nitrogens with zero attached hydrogens (tertiary/aromatic N) is 2. The Morgan fingerprint density at radius 1 is 1.22 bits per heavy atom. The first-order valence-electron chi connectivity index (χ1n) is 9.78. The molecule has 1 unspecified atom stereocenters. The van der Waals surface area contributed by atoms with Crippen LogP contribution in [0.1, 0.15) is 43.6 Å². The van der Waals surface area contributed by atoms with Crippen molar-refractivity contribution in [2.45, 2.75) is 39.3 Å². The number of esters is 1. The first-order chi connectivity index (χ1) is 15.0. The van der Waals surface area contributed by atoms with E-state index in [1.54, 1.807) is 26.8 Å². The van der Waals surface area contributed by atoms with E-state index in [0.29, 0.717) is 0 Å². The summed E-state index contributed by atoms with van der Waals surface area (Å²) in [6.07, 6.45) is 0. The molecule has 0 spiro atoms. The Hall–Kier alpha value is -4.06. The van der Waals surface area contributed by atoms with Crippen LogP contribution in [-0.2, 0) is 14.3 Å². The molecule has 1 atom stereocenters. The van der Waals surface area contributed by atoms with Gasteiger partial charge >= 0.3 is 11.9 Å². The molecule has 0 bridgehead atoms. The zero-order valence-corrected chi connectivity index (χ0v) is 18.0. The van der Waals surface area contributed by atoms with Gasteiger partial charge in [0.15, 0.2) is 12.4 Å². The van der Waals surface area contributed by atoms with Gasteiger partial charge in [-0.05, 0) is 58.0 Å². The normalized spacial score (nSPS) is 13.6. The van der Waals surface area contributed by atoms with Crippen LogP contribution in [0.25, 0.3) is 0 Å². The quantitative estimate of drug-likeness (QED) is 0.703. The summed E-state index contributed by atoms with van der Waals surface area (Å²) >= 11 is 0. The third-order valence-corrected chi connectivity index (χ3v) is 4.47. The number of aliphatic carboxylic acids is 1. The maximum absolute atomic E-state index is 13.7. The van der Waals surface area contributed by atoms with Gasteiger partial charge in [0.25, 0.3) is 5.91 Å². The molecule has 9 nitrogen and oxygen atoms in total. The second kappa shape index (κ2) is 8.59. The van der Waals surface area contributed by atoms with E-state index in [9.17, 15) is 19.6 Å². The summed E-state index contributed by atoms with van der Waals surface area (Å²) in [6, 6.07) is 9.94. The number of carbonyl (C=O) groups excluding carboxylic acids is 2. The Morgan fingerprint density at radius 2 is 1.94 bits per heavy atom. The molecule has 0 aliphatic carbocycles. The van der Waals surface area contributed by atoms with E-state index < -0.39 is 36.1 Å². The Morgan fingerprint density at radius 3 is 2.56 bits per heavy atom. The number of benzene rings is 2. The van der Waals surface area contributed by atoms with E-state index in [-0.39, 0.29) is 34.1 Å². The number of carbonyl (C=O) groups is 3. The lowest BCUT2D eigenvalue weighted by molar-refractivity contribution is -0.156. The Kier molecular flexibility index (Phi) is 6.07. The van der Waals surface area contributed by atoms with Crippen LogP contribution in [0.5, 0.6) is 17.2 Å². The standard InChI is InChI=1S/C23H22N2O7/c1-13(22(29)32-23(2,3)4)25-15-10-14(11-24)8-9-16(15)31-18-7-5-6-17(20(18)21(25)28)30-12-19(26)27/h5-10,13H,12H2,1-4H3,(H,26,27). The van der Waals surface area contributed by atoms with Gasteiger partial charge in [-0.1, -0.05) is 6.07 Å². The van der Waals surface area contributed by atoms with E-state index in [1.165, 1.54) is 42.2 Å². The molecule has 0 radical (unpaired) electrons. The van der Waals surface area contributed by atoms with Gasteiger partial charge in [0, 0.05) is 0 Å². The number of ether oxygens (including phenoxy) is 3. The van der Waals surface area contributed by atoms with Gasteiger partial charge in [0.2, 0.25) is 0 Å². The molecule has 2 aromatic rings. The number of anilines is 1. The molecular weight excluding hydrogens is 416 g/mol. The van der Waals surface area contributed by atoms with Gasteiger partial charge in [-0.15, -0.1) is 0 Å². The van der Waals surface area contributed by atoms with Crippen molar-refractivity contribution in [3.05, 3.63) is 47.5 Å². The summed E-state index contributed by atoms with van der Waals surface area (Å²) in [4.78, 5) is 38.7. The van der Waals surface area contributed by atoms with Crippen LogP contribution >= 0.6 is 0 Å². The molecule has 2 aromatic carbocycles. The Bertz CT molecular complexity index is 1130. The molecule has 1 aliphatic heterocycles. The number of carboxylic acids is 1. The first-order valence-corrected chi connectivity index (χ1v) is 9.78. The molecule has 0 saturated heterocycles. The number of hydrogen-bond donors (Lipinski definition) is 1. The Labute approximate surface area is 184 Å². The highest BCUT2D eigenvalue weighted by Gasteiger charge is 2.38. The lowest BCUT2D eigenvalue weighted by atomic mass is 10.1. The van der Waals surface area contributed by atoms with Crippen molar-refractivity contribution < 1.29 is 33.7 Å². The number of fused-ring (bicyclic) bond motifs is 2. The van der Waals surface area contributed by atoms with E-state index in [2.05, 4.69) is 0 Å². The van der Waals surface area contributed by atoms with Crippen molar-refractivity contribution >= 4 is 23.5 Å². The molecule has 0 aromatic heterocycles. The van der Waals surface area contributed by atoms with E-state index in [1.807, 2.05) is 6.07 Å². The lowest BCUT2D eigenvalue weighted by Gasteiger charge is -2.30. The number of nitriles is 1. The van der Waals surface area contributed by atoms with Crippen LogP contribution in [0.3, 0.4) is 0 Å². The molecule has 9 heteroatoms. The van der Waals surface area contributed by atoms with Gasteiger partial charge in [0.1, 0.15) is 28.7 Å². The molecule has 166 valence electrons. The smallest absolute Gasteiger partial charge is 0.341 e. The van der Waals surface area contributed by atoms with Crippen LogP contribution in [0, 0.1) is 11.3 Å². The zero-order chi connectivity index (χ0) is 23.6. The van der Waals surface area contributed by atoms with Crippen molar-refractivity contribution in [3.63, 3.8) is 0 Å². The molecule has 1 N–H and O–H groups in total. The van der Waals surface area contributed by atoms with E-state index in [4.69, 9.17) is 19.3 Å². The van der Waals surface area contributed by atoms with Crippen molar-refractivity contribution in [2.24, 2.45) is 0 Å². The SMILES string of the molecule is CC(C(=O)OC(C)(C)C)N1C(=O)c2c(OCC(=O)O)cccc2Oc2ccc(C#N)cc21. The summed E-state index contributed by atoms with van der Waals surface area (Å²) < 4.78 is 16.7. The van der Waals surface area contributed by atoms with Crippen molar-refractivity contribution in [3.8, 4) is 23.3 Å². The van der Waals surface area contributed by atoms with Gasteiger partial charge < -0.3 is 19.3 Å². The molecule has 1 aliphatic rings. The molecular formula is C23H22N2O7. The van der Waals surface area contributed by atoms with Gasteiger partial charge in [-0.25, -0.2) is 9.59 Å². The monoisotopic (exact) mass is 438 g/mol. The highest BCUT2D eigenvalue weighted by atomic mass is 16.6. The largest absolute Gasteiger partial charge is 0.481 e. The van der Waals surface area contributed by atoms with Crippen LogP contribution in [0.2, 0.25) is 0 Å². The average Bonchev–Trinajstić information content (AvgIpc) is 2.83. The van der Waals surface area contributed by atoms with Crippen molar-refractivity contribution in [1.82, 2.24) is 0 Å². The van der Waals surface area contributed by atoms with Gasteiger partial charge in [-0.3, -0.25) is 9.69 Å². The minimum Gasteiger partial charge on any atom is -0.481 e. The molecule has 32 heavy (non-hydrogen) atoms. The van der Waals surface area contributed by atoms with Crippen LogP contribution < -0.4 is 14.4 Å². The fourth-order valence-electron chi connectivity index (χ4n) is 3.15. The summed E-state index contributed by atoms with van der Waals surface area (Å²) in [7, 11) is 0. The minimum absolute atomic E-state index is 0.00963. The molecule has 3 rings (SSSR count). The van der Waals surface area contributed by atoms with Crippen LogP contribution in [0.15, 0.2) is 36.4 Å². The van der Waals surface area contributed by atoms with Crippen LogP contribution in [0.4, 0.5) is 5.69 Å². The second-order valence-electron chi connectivity index (χ2n) is 8.09. The summed E-state index contributed by atoms with van der Waals surface area (Å²) in [6.45, 7) is 5.96. The second-order valence-corrected chi connectivity index (χ2v) is 8.09. The first kappa shape index (κ1) is 22.6. The molecule has 1 amide bonds. The minimum atomic E-state index is -1.22. The van der Waals surface area contributed by atoms with E-state index in [0.717, 1.165) is 0 Å². The maximum Gasteiger partial charge on any atom is 0.341 e. The number of rotatable bonds is 5. The van der Waals surface area contributed by atoms with Crippen molar-refractivity contribution in [1.29, 1.82) is 5.26 Å². The topological polar surface area (TPSA) is 126 Å². The predicted octanol–water partition coefficient (Wildman–Crippen LogP) is 3.50. The fraction of sp³-hybridized carbons (Fsp3) is 0.304. The highest BCUT2D eigenvalue weighted by molar-refractivity contribution is 6.14. The maximum atomic E-state index is 13.7. The summed E-state index contributed by atoms with van der Waals surface area (Å²) in [5.41, 5.74) is -0.372. The summed E-state index contributed by atoms with van der Waals surface area (Å²) in [5.74, 6) is -2.18. The zero-order valence-electron chi connectivity index (χ0n) is 18.0. The number of carboxylic acid groups (broad SMARTS) is 1. The number of hydrogen-bond acceptors (Lipinski definition) is 7. The Balaban J connectivity index is 2.17. The third kappa shape index (κ3) is 4.64. The van der Waals surface area contributed by atoms with Crippen molar-refractivity contribution in [2.75, 3.05) is 11.5 Å². The summed E-state index contributed by atoms with van der Waals surface area (Å²) in [5, 5.41) is 18.3. The lowest BCUT2D eigenvalue weighted by Crippen LogP contribution is -2.46. The van der Waals surface area contributed by atoms with Gasteiger partial charge in [-0.2, -0.15) is 5.26 Å².